The van der Waals surface area contributed by atoms with Crippen molar-refractivity contribution in [3.63, 3.8) is 0 Å². The molecule has 1 N–H and O–H groups in total. The number of amides is 2. The van der Waals surface area contributed by atoms with Gasteiger partial charge in [0.05, 0.1) is 5.57 Å². The first-order valence-corrected chi connectivity index (χ1v) is 7.99. The van der Waals surface area contributed by atoms with E-state index in [1.165, 1.54) is 12.1 Å². The van der Waals surface area contributed by atoms with E-state index >= 15 is 0 Å². The number of hydrogen-bond acceptors (Lipinski definition) is 3. The molecule has 4 nitrogen and oxygen atoms in total. The molecule has 2 aromatic carbocycles. The number of benzene rings is 2. The molecule has 3 rings (SSSR count). The molecule has 0 aliphatic carbocycles. The van der Waals surface area contributed by atoms with E-state index in [1.54, 1.807) is 24.3 Å². The van der Waals surface area contributed by atoms with E-state index in [0.29, 0.717) is 10.6 Å². The first-order chi connectivity index (χ1) is 12.4. The summed E-state index contributed by atoms with van der Waals surface area (Å²) in [5.41, 5.74) is 0.722. The maximum atomic E-state index is 13.5. The summed E-state index contributed by atoms with van der Waals surface area (Å²) in [4.78, 5) is 26.4. The van der Waals surface area contributed by atoms with Gasteiger partial charge in [0.25, 0.3) is 11.8 Å². The maximum absolute atomic E-state index is 13.5. The highest BCUT2D eigenvalue weighted by molar-refractivity contribution is 6.37. The van der Waals surface area contributed by atoms with Gasteiger partial charge in [-0.25, -0.2) is 8.78 Å². The fourth-order valence-corrected chi connectivity index (χ4v) is 2.72. The van der Waals surface area contributed by atoms with Crippen LogP contribution in [0.25, 0.3) is 5.57 Å². The second kappa shape index (κ2) is 7.09. The van der Waals surface area contributed by atoms with Crippen molar-refractivity contribution in [3.8, 4) is 0 Å². The highest BCUT2D eigenvalue weighted by Gasteiger charge is 2.38. The van der Waals surface area contributed by atoms with E-state index < -0.39 is 23.4 Å². The third-order valence-electron chi connectivity index (χ3n) is 3.80. The van der Waals surface area contributed by atoms with Crippen LogP contribution >= 0.6 is 11.6 Å². The zero-order valence-electron chi connectivity index (χ0n) is 13.4. The minimum Gasteiger partial charge on any atom is -0.350 e. The van der Waals surface area contributed by atoms with Gasteiger partial charge in [-0.2, -0.15) is 0 Å². The number of halogens is 3. The minimum absolute atomic E-state index is 0.0230. The molecule has 2 amide bonds. The summed E-state index contributed by atoms with van der Waals surface area (Å²) in [6.45, 7) is 3.56. The lowest BCUT2D eigenvalue weighted by atomic mass is 10.0. The smallest absolute Gasteiger partial charge is 0.278 e. The summed E-state index contributed by atoms with van der Waals surface area (Å²) >= 11 is 5.88. The fourth-order valence-electron chi connectivity index (χ4n) is 2.59. The highest BCUT2D eigenvalue weighted by Crippen LogP contribution is 2.31. The molecule has 0 saturated carbocycles. The molecule has 0 spiro atoms. The van der Waals surface area contributed by atoms with E-state index in [-0.39, 0.29) is 23.5 Å². The first kappa shape index (κ1) is 17.8. The Hall–Kier alpha value is -2.99. The third kappa shape index (κ3) is 3.23. The van der Waals surface area contributed by atoms with Crippen molar-refractivity contribution in [2.45, 2.75) is 0 Å². The van der Waals surface area contributed by atoms with Crippen molar-refractivity contribution >= 4 is 34.7 Å². The van der Waals surface area contributed by atoms with E-state index in [0.717, 1.165) is 17.0 Å². The van der Waals surface area contributed by atoms with Crippen molar-refractivity contribution in [2.24, 2.45) is 0 Å². The van der Waals surface area contributed by atoms with Crippen LogP contribution in [0, 0.1) is 11.6 Å². The number of anilines is 1. The molecule has 0 atom stereocenters. The summed E-state index contributed by atoms with van der Waals surface area (Å²) in [5.74, 6) is -3.17. The van der Waals surface area contributed by atoms with Crippen molar-refractivity contribution in [2.75, 3.05) is 11.9 Å². The lowest BCUT2D eigenvalue weighted by Crippen LogP contribution is -2.32. The van der Waals surface area contributed by atoms with Crippen LogP contribution in [-0.2, 0) is 9.59 Å². The first-order valence-electron chi connectivity index (χ1n) is 7.61. The average molecular weight is 375 g/mol. The molecule has 2 aromatic rings. The van der Waals surface area contributed by atoms with Gasteiger partial charge in [0.15, 0.2) is 11.6 Å². The summed E-state index contributed by atoms with van der Waals surface area (Å²) in [5, 5.41) is 3.21. The number of carbonyl (C=O) groups is 2. The number of nitrogens with one attached hydrogen (secondary N) is 1. The zero-order valence-corrected chi connectivity index (χ0v) is 14.2. The Morgan fingerprint density at radius 1 is 1.04 bits per heavy atom. The molecule has 0 bridgehead atoms. The van der Waals surface area contributed by atoms with Gasteiger partial charge >= 0.3 is 0 Å². The molecule has 132 valence electrons. The van der Waals surface area contributed by atoms with Gasteiger partial charge in [0, 0.05) is 23.3 Å². The van der Waals surface area contributed by atoms with Gasteiger partial charge < -0.3 is 5.32 Å². The second-order valence-corrected chi connectivity index (χ2v) is 5.96. The molecule has 1 aliphatic heterocycles. The van der Waals surface area contributed by atoms with Crippen molar-refractivity contribution in [1.29, 1.82) is 0 Å². The Labute approximate surface area is 153 Å². The summed E-state index contributed by atoms with van der Waals surface area (Å²) in [6.07, 6.45) is 1.43. The molecule has 0 aromatic heterocycles. The molecule has 26 heavy (non-hydrogen) atoms. The summed E-state index contributed by atoms with van der Waals surface area (Å²) in [6, 6.07) is 9.51. The molecule has 0 radical (unpaired) electrons. The quantitative estimate of drug-likeness (QED) is 0.635. The molecule has 0 fully saturated rings. The normalized spacial score (nSPS) is 14.2. The Morgan fingerprint density at radius 3 is 2.35 bits per heavy atom. The lowest BCUT2D eigenvalue weighted by Gasteiger charge is -2.12. The van der Waals surface area contributed by atoms with Gasteiger partial charge in [-0.3, -0.25) is 14.5 Å². The lowest BCUT2D eigenvalue weighted by molar-refractivity contribution is -0.136. The zero-order chi connectivity index (χ0) is 18.8. The van der Waals surface area contributed by atoms with Crippen LogP contribution in [0.5, 0.6) is 0 Å². The van der Waals surface area contributed by atoms with E-state index in [4.69, 9.17) is 11.6 Å². The number of hydrogen-bond donors (Lipinski definition) is 1. The van der Waals surface area contributed by atoms with Crippen LogP contribution in [0.3, 0.4) is 0 Å². The van der Waals surface area contributed by atoms with Gasteiger partial charge in [0.1, 0.15) is 5.70 Å². The monoisotopic (exact) mass is 374 g/mol. The van der Waals surface area contributed by atoms with Gasteiger partial charge in [0.2, 0.25) is 0 Å². The predicted molar refractivity (Wildman–Crippen MR) is 95.3 cm³/mol. The van der Waals surface area contributed by atoms with E-state index in [1.807, 2.05) is 0 Å². The van der Waals surface area contributed by atoms with Crippen LogP contribution in [-0.4, -0.2) is 23.3 Å². The molecule has 7 heteroatoms. The Balaban J connectivity index is 2.08. The maximum Gasteiger partial charge on any atom is 0.278 e. The molecular formula is C19H13ClF2N2O2. The SMILES string of the molecule is C=CCN1C(=O)C(Nc2ccc(F)c(F)c2)=C(c2ccc(Cl)cc2)C1=O. The summed E-state index contributed by atoms with van der Waals surface area (Å²) in [7, 11) is 0. The Bertz CT molecular complexity index is 939. The molecule has 0 unspecified atom stereocenters. The van der Waals surface area contributed by atoms with Crippen molar-refractivity contribution < 1.29 is 18.4 Å². The van der Waals surface area contributed by atoms with Crippen molar-refractivity contribution in [3.05, 3.63) is 83.0 Å². The Kier molecular flexibility index (Phi) is 4.86. The third-order valence-corrected chi connectivity index (χ3v) is 4.05. The number of imide groups is 1. The van der Waals surface area contributed by atoms with Gasteiger partial charge in [-0.1, -0.05) is 29.8 Å². The van der Waals surface area contributed by atoms with Crippen LogP contribution in [0.4, 0.5) is 14.5 Å². The number of rotatable bonds is 5. The predicted octanol–water partition coefficient (Wildman–Crippen LogP) is 4.00. The van der Waals surface area contributed by atoms with E-state index in [2.05, 4.69) is 11.9 Å². The van der Waals surface area contributed by atoms with Crippen LogP contribution in [0.1, 0.15) is 5.56 Å². The largest absolute Gasteiger partial charge is 0.350 e. The molecule has 0 saturated heterocycles. The second-order valence-electron chi connectivity index (χ2n) is 5.52. The van der Waals surface area contributed by atoms with Crippen LogP contribution in [0.15, 0.2) is 60.8 Å². The number of carbonyl (C=O) groups excluding carboxylic acids is 2. The van der Waals surface area contributed by atoms with Gasteiger partial charge in [-0.05, 0) is 29.8 Å². The van der Waals surface area contributed by atoms with Crippen LogP contribution < -0.4 is 5.32 Å². The summed E-state index contributed by atoms with van der Waals surface area (Å²) < 4.78 is 26.6. The number of nitrogens with zero attached hydrogens (tertiary/aromatic N) is 1. The Morgan fingerprint density at radius 2 is 1.73 bits per heavy atom. The molecular weight excluding hydrogens is 362 g/mol. The standard InChI is InChI=1S/C19H13ClF2N2O2/c1-2-9-24-18(25)16(11-3-5-12(20)6-4-11)17(19(24)26)23-13-7-8-14(21)15(22)10-13/h2-8,10,23H,1,9H2. The average Bonchev–Trinajstić information content (AvgIpc) is 2.84. The van der Waals surface area contributed by atoms with Gasteiger partial charge in [-0.15, -0.1) is 6.58 Å². The molecule has 1 heterocycles. The molecule has 1 aliphatic rings. The highest BCUT2D eigenvalue weighted by atomic mass is 35.5. The minimum atomic E-state index is -1.07. The van der Waals surface area contributed by atoms with E-state index in [9.17, 15) is 18.4 Å². The van der Waals surface area contributed by atoms with Crippen molar-refractivity contribution in [1.82, 2.24) is 4.90 Å². The van der Waals surface area contributed by atoms with Crippen LogP contribution in [0.2, 0.25) is 5.02 Å². The topological polar surface area (TPSA) is 49.4 Å². The fraction of sp³-hybridized carbons (Fsp3) is 0.0526.